The van der Waals surface area contributed by atoms with Crippen molar-refractivity contribution in [2.45, 2.75) is 23.8 Å². The van der Waals surface area contributed by atoms with E-state index in [0.717, 1.165) is 56.4 Å². The predicted octanol–water partition coefficient (Wildman–Crippen LogP) is 1.73. The summed E-state index contributed by atoms with van der Waals surface area (Å²) in [6.45, 7) is 4.96. The molecule has 1 atom stereocenters. The monoisotopic (exact) mass is 325 g/mol. The maximum absolute atomic E-state index is 10.1. The van der Waals surface area contributed by atoms with Crippen LogP contribution in [0.4, 0.5) is 0 Å². The van der Waals surface area contributed by atoms with Crippen LogP contribution in [-0.2, 0) is 15.3 Å². The van der Waals surface area contributed by atoms with Crippen molar-refractivity contribution < 1.29 is 18.8 Å². The molecule has 0 aromatic heterocycles. The molecule has 2 heterocycles. The molecule has 0 radical (unpaired) electrons. The van der Waals surface area contributed by atoms with E-state index in [9.17, 15) is 5.11 Å². The zero-order valence-corrected chi connectivity index (χ0v) is 13.5. The first-order valence-corrected chi connectivity index (χ1v) is 8.59. The van der Waals surface area contributed by atoms with Crippen molar-refractivity contribution in [2.75, 3.05) is 46.1 Å². The standard InChI is InChI=1S/C16H23NO4S/c18-14(11-17-6-9-19-10-7-17)12-21-22-15-5-1-3-13-4-2-8-20-16(13)15/h1,3,5,14,18H,2,4,6-12H2. The Morgan fingerprint density at radius 3 is 3.00 bits per heavy atom. The van der Waals surface area contributed by atoms with Crippen molar-refractivity contribution in [3.63, 3.8) is 0 Å². The summed E-state index contributed by atoms with van der Waals surface area (Å²) in [5, 5.41) is 10.1. The molecule has 0 saturated carbocycles. The van der Waals surface area contributed by atoms with E-state index in [1.165, 1.54) is 17.6 Å². The quantitative estimate of drug-likeness (QED) is 0.804. The smallest absolute Gasteiger partial charge is 0.138 e. The molecule has 1 N–H and O–H groups in total. The van der Waals surface area contributed by atoms with Crippen LogP contribution in [0.5, 0.6) is 5.75 Å². The first kappa shape index (κ1) is 16.1. The van der Waals surface area contributed by atoms with Crippen molar-refractivity contribution in [2.24, 2.45) is 0 Å². The van der Waals surface area contributed by atoms with E-state index < -0.39 is 6.10 Å². The van der Waals surface area contributed by atoms with Crippen molar-refractivity contribution in [3.05, 3.63) is 23.8 Å². The zero-order valence-electron chi connectivity index (χ0n) is 12.7. The first-order valence-electron chi connectivity index (χ1n) is 7.85. The lowest BCUT2D eigenvalue weighted by Gasteiger charge is -2.28. The number of benzene rings is 1. The Morgan fingerprint density at radius 1 is 1.27 bits per heavy atom. The highest BCUT2D eigenvalue weighted by Gasteiger charge is 2.17. The van der Waals surface area contributed by atoms with Crippen LogP contribution >= 0.6 is 12.0 Å². The Kier molecular flexibility index (Phi) is 5.97. The average Bonchev–Trinajstić information content (AvgIpc) is 2.56. The largest absolute Gasteiger partial charge is 0.492 e. The number of nitrogens with zero attached hydrogens (tertiary/aromatic N) is 1. The lowest BCUT2D eigenvalue weighted by Crippen LogP contribution is -2.41. The number of aliphatic hydroxyl groups excluding tert-OH is 1. The number of β-amino-alcohol motifs (C(OH)–C–C–N with tert-alkyl or cyclic N) is 1. The Balaban J connectivity index is 1.44. The fraction of sp³-hybridized carbons (Fsp3) is 0.625. The minimum atomic E-state index is -0.481. The van der Waals surface area contributed by atoms with Crippen LogP contribution in [0, 0.1) is 0 Å². The normalized spacial score (nSPS) is 20.2. The Hall–Kier alpha value is -0.790. The molecule has 0 bridgehead atoms. The van der Waals surface area contributed by atoms with E-state index in [2.05, 4.69) is 11.0 Å². The summed E-state index contributed by atoms with van der Waals surface area (Å²) in [6, 6.07) is 6.14. The van der Waals surface area contributed by atoms with Crippen LogP contribution < -0.4 is 4.74 Å². The summed E-state index contributed by atoms with van der Waals surface area (Å²) in [6.07, 6.45) is 1.65. The maximum atomic E-state index is 10.1. The molecule has 0 aliphatic carbocycles. The second kappa shape index (κ2) is 8.17. The molecular weight excluding hydrogens is 302 g/mol. The number of rotatable bonds is 6. The van der Waals surface area contributed by atoms with E-state index >= 15 is 0 Å². The van der Waals surface area contributed by atoms with E-state index in [-0.39, 0.29) is 0 Å². The van der Waals surface area contributed by atoms with E-state index in [0.29, 0.717) is 13.2 Å². The SMILES string of the molecule is OC(COSc1cccc2c1OCCC2)CN1CCOCC1. The minimum Gasteiger partial charge on any atom is -0.492 e. The molecule has 1 aromatic carbocycles. The highest BCUT2D eigenvalue weighted by Crippen LogP contribution is 2.36. The molecule has 1 fully saturated rings. The highest BCUT2D eigenvalue weighted by atomic mass is 32.2. The van der Waals surface area contributed by atoms with Gasteiger partial charge in [0.25, 0.3) is 0 Å². The topological polar surface area (TPSA) is 51.2 Å². The summed E-state index contributed by atoms with van der Waals surface area (Å²) in [5.74, 6) is 0.946. The van der Waals surface area contributed by atoms with Gasteiger partial charge in [-0.25, -0.2) is 0 Å². The first-order chi connectivity index (χ1) is 10.8. The summed E-state index contributed by atoms with van der Waals surface area (Å²) in [7, 11) is 0. The van der Waals surface area contributed by atoms with Gasteiger partial charge in [-0.1, -0.05) is 12.1 Å². The molecule has 0 amide bonds. The molecule has 22 heavy (non-hydrogen) atoms. The summed E-state index contributed by atoms with van der Waals surface area (Å²) in [5.41, 5.74) is 1.24. The zero-order chi connectivity index (χ0) is 15.2. The molecule has 2 aliphatic rings. The van der Waals surface area contributed by atoms with Crippen LogP contribution in [0.1, 0.15) is 12.0 Å². The van der Waals surface area contributed by atoms with Gasteiger partial charge in [0.15, 0.2) is 0 Å². The minimum absolute atomic E-state index is 0.311. The van der Waals surface area contributed by atoms with Gasteiger partial charge in [-0.05, 0) is 24.5 Å². The van der Waals surface area contributed by atoms with Crippen molar-refractivity contribution >= 4 is 12.0 Å². The number of hydrogen-bond donors (Lipinski definition) is 1. The highest BCUT2D eigenvalue weighted by molar-refractivity contribution is 7.94. The molecule has 1 saturated heterocycles. The molecule has 1 unspecified atom stereocenters. The van der Waals surface area contributed by atoms with Gasteiger partial charge in [0.05, 0.1) is 37.4 Å². The predicted molar refractivity (Wildman–Crippen MR) is 85.3 cm³/mol. The second-order valence-corrected chi connectivity index (χ2v) is 6.47. The number of hydrogen-bond acceptors (Lipinski definition) is 6. The number of aryl methyl sites for hydroxylation is 1. The molecule has 5 nitrogen and oxygen atoms in total. The Labute approximate surface area is 135 Å². The van der Waals surface area contributed by atoms with Gasteiger partial charge in [0, 0.05) is 31.7 Å². The van der Waals surface area contributed by atoms with Crippen LogP contribution in [-0.4, -0.2) is 62.2 Å². The van der Waals surface area contributed by atoms with Crippen LogP contribution in [0.2, 0.25) is 0 Å². The fourth-order valence-corrected chi connectivity index (χ4v) is 3.49. The number of fused-ring (bicyclic) bond motifs is 1. The number of ether oxygens (including phenoxy) is 2. The third kappa shape index (κ3) is 4.36. The molecule has 6 heteroatoms. The van der Waals surface area contributed by atoms with Gasteiger partial charge >= 0.3 is 0 Å². The average molecular weight is 325 g/mol. The van der Waals surface area contributed by atoms with Gasteiger partial charge in [0.2, 0.25) is 0 Å². The van der Waals surface area contributed by atoms with Gasteiger partial charge in [-0.15, -0.1) is 0 Å². The van der Waals surface area contributed by atoms with Crippen LogP contribution in [0.15, 0.2) is 23.1 Å². The lowest BCUT2D eigenvalue weighted by molar-refractivity contribution is 0.00645. The number of aliphatic hydroxyl groups is 1. The van der Waals surface area contributed by atoms with Gasteiger partial charge in [-0.2, -0.15) is 0 Å². The second-order valence-electron chi connectivity index (χ2n) is 5.63. The molecule has 1 aromatic rings. The molecular formula is C16H23NO4S. The number of morpholine rings is 1. The lowest BCUT2D eigenvalue weighted by atomic mass is 10.1. The van der Waals surface area contributed by atoms with Crippen LogP contribution in [0.25, 0.3) is 0 Å². The van der Waals surface area contributed by atoms with Crippen molar-refractivity contribution in [3.8, 4) is 5.75 Å². The fourth-order valence-electron chi connectivity index (χ4n) is 2.73. The summed E-state index contributed by atoms with van der Waals surface area (Å²) in [4.78, 5) is 3.20. The summed E-state index contributed by atoms with van der Waals surface area (Å²) >= 11 is 1.30. The molecule has 0 spiro atoms. The van der Waals surface area contributed by atoms with Crippen molar-refractivity contribution in [1.29, 1.82) is 0 Å². The molecule has 2 aliphatic heterocycles. The third-order valence-corrected chi connectivity index (χ3v) is 4.63. The maximum Gasteiger partial charge on any atom is 0.138 e. The van der Waals surface area contributed by atoms with Gasteiger partial charge < -0.3 is 18.8 Å². The Bertz CT molecular complexity index is 479. The Morgan fingerprint density at radius 2 is 2.14 bits per heavy atom. The molecule has 122 valence electrons. The third-order valence-electron chi connectivity index (χ3n) is 3.88. The van der Waals surface area contributed by atoms with Gasteiger partial charge in [0.1, 0.15) is 5.75 Å². The molecule has 3 rings (SSSR count). The van der Waals surface area contributed by atoms with E-state index in [4.69, 9.17) is 13.7 Å². The summed E-state index contributed by atoms with van der Waals surface area (Å²) < 4.78 is 16.7. The van der Waals surface area contributed by atoms with Crippen molar-refractivity contribution in [1.82, 2.24) is 4.90 Å². The van der Waals surface area contributed by atoms with E-state index in [1.807, 2.05) is 12.1 Å². The van der Waals surface area contributed by atoms with Gasteiger partial charge in [-0.3, -0.25) is 4.90 Å². The van der Waals surface area contributed by atoms with Crippen LogP contribution in [0.3, 0.4) is 0 Å². The number of para-hydroxylation sites is 1. The van der Waals surface area contributed by atoms with E-state index in [1.54, 1.807) is 0 Å².